The zero-order valence-electron chi connectivity index (χ0n) is 15.9. The average molecular weight is 479 g/mol. The Bertz CT molecular complexity index is 939. The number of halogens is 3. The van der Waals surface area contributed by atoms with Crippen LogP contribution in [0.2, 0.25) is 0 Å². The highest BCUT2D eigenvalue weighted by molar-refractivity contribution is 9.11. The van der Waals surface area contributed by atoms with Crippen molar-refractivity contribution in [1.82, 2.24) is 19.7 Å². The number of aromatic nitrogens is 3. The van der Waals surface area contributed by atoms with Gasteiger partial charge < -0.3 is 10.1 Å². The van der Waals surface area contributed by atoms with Crippen LogP contribution < -0.4 is 11.0 Å². The zero-order valence-corrected chi connectivity index (χ0v) is 18.3. The minimum absolute atomic E-state index is 0.423. The molecule has 0 saturated heterocycles. The minimum Gasteiger partial charge on any atom is -0.444 e. The van der Waals surface area contributed by atoms with E-state index in [1.165, 1.54) is 15.9 Å². The van der Waals surface area contributed by atoms with Gasteiger partial charge in [0, 0.05) is 18.5 Å². The van der Waals surface area contributed by atoms with Crippen LogP contribution >= 0.6 is 27.3 Å². The summed E-state index contributed by atoms with van der Waals surface area (Å²) in [5, 5.41) is 7.08. The lowest BCUT2D eigenvalue weighted by Crippen LogP contribution is -2.34. The molecule has 0 fully saturated rings. The molecule has 0 aliphatic heterocycles. The fourth-order valence-corrected chi connectivity index (χ4v) is 3.66. The van der Waals surface area contributed by atoms with Gasteiger partial charge >= 0.3 is 11.8 Å². The molecule has 2 aromatic rings. The molecule has 7 nitrogen and oxygen atoms in total. The van der Waals surface area contributed by atoms with Gasteiger partial charge in [0.1, 0.15) is 16.4 Å². The van der Waals surface area contributed by atoms with Crippen LogP contribution in [-0.4, -0.2) is 32.6 Å². The van der Waals surface area contributed by atoms with Crippen LogP contribution in [0.3, 0.4) is 0 Å². The van der Waals surface area contributed by atoms with E-state index in [1.807, 2.05) is 6.92 Å². The molecule has 1 amide bonds. The van der Waals surface area contributed by atoms with Gasteiger partial charge in [-0.3, -0.25) is 0 Å². The number of carbonyl (C=O) groups excluding carboxylic acids is 1. The first-order valence-corrected chi connectivity index (χ1v) is 10.1. The van der Waals surface area contributed by atoms with Crippen LogP contribution in [0.5, 0.6) is 0 Å². The fraction of sp³-hybridized carbons (Fsp3) is 0.471. The van der Waals surface area contributed by atoms with Gasteiger partial charge in [-0.05, 0) is 48.8 Å². The summed E-state index contributed by atoms with van der Waals surface area (Å²) in [5.74, 6) is 0.457. The third-order valence-electron chi connectivity index (χ3n) is 3.45. The molecule has 11 heteroatoms. The highest BCUT2D eigenvalue weighted by Crippen LogP contribution is 2.25. The maximum absolute atomic E-state index is 13.4. The molecule has 2 aromatic heterocycles. The summed E-state index contributed by atoms with van der Waals surface area (Å²) in [5.41, 5.74) is -1.70. The lowest BCUT2D eigenvalue weighted by atomic mass is 10.2. The number of rotatable bonds is 6. The SMILES string of the molecule is CCc1nn(CC(CNC(=O)OC(C)(C)C)=C(F)F)c(=O)n1-c1ccc(Br)s1. The first-order valence-electron chi connectivity index (χ1n) is 8.46. The molecule has 0 atom stereocenters. The molecule has 0 spiro atoms. The average Bonchev–Trinajstić information content (AvgIpc) is 3.12. The third-order valence-corrected chi connectivity index (χ3v) is 5.06. The van der Waals surface area contributed by atoms with Crippen LogP contribution in [-0.2, 0) is 17.7 Å². The van der Waals surface area contributed by atoms with Gasteiger partial charge in [0.2, 0.25) is 0 Å². The van der Waals surface area contributed by atoms with Crippen LogP contribution in [0.25, 0.3) is 5.00 Å². The van der Waals surface area contributed by atoms with Crippen molar-refractivity contribution in [2.45, 2.75) is 46.3 Å². The normalized spacial score (nSPS) is 11.4. The van der Waals surface area contributed by atoms with Crippen molar-refractivity contribution >= 4 is 33.4 Å². The molecule has 2 rings (SSSR count). The molecule has 0 aromatic carbocycles. The van der Waals surface area contributed by atoms with E-state index in [2.05, 4.69) is 26.3 Å². The van der Waals surface area contributed by atoms with E-state index >= 15 is 0 Å². The molecule has 2 heterocycles. The number of thiophene rings is 1. The van der Waals surface area contributed by atoms with Crippen molar-refractivity contribution in [1.29, 1.82) is 0 Å². The lowest BCUT2D eigenvalue weighted by Gasteiger charge is -2.19. The lowest BCUT2D eigenvalue weighted by molar-refractivity contribution is 0.0531. The van der Waals surface area contributed by atoms with Crippen LogP contribution in [0.1, 0.15) is 33.5 Å². The Hall–Kier alpha value is -2.01. The summed E-state index contributed by atoms with van der Waals surface area (Å²) in [7, 11) is 0. The highest BCUT2D eigenvalue weighted by atomic mass is 79.9. The van der Waals surface area contributed by atoms with Gasteiger partial charge in [-0.25, -0.2) is 18.8 Å². The van der Waals surface area contributed by atoms with E-state index in [4.69, 9.17) is 4.74 Å². The number of ether oxygens (including phenoxy) is 1. The number of hydrogen-bond acceptors (Lipinski definition) is 5. The van der Waals surface area contributed by atoms with Gasteiger partial charge in [-0.1, -0.05) is 6.92 Å². The van der Waals surface area contributed by atoms with Crippen molar-refractivity contribution in [2.75, 3.05) is 6.54 Å². The molecule has 0 radical (unpaired) electrons. The Morgan fingerprint density at radius 1 is 1.36 bits per heavy atom. The van der Waals surface area contributed by atoms with E-state index in [-0.39, 0.29) is 0 Å². The smallest absolute Gasteiger partial charge is 0.407 e. The second-order valence-corrected chi connectivity index (χ2v) is 9.28. The second-order valence-electron chi connectivity index (χ2n) is 6.84. The quantitative estimate of drug-likeness (QED) is 0.677. The van der Waals surface area contributed by atoms with Gasteiger partial charge in [-0.15, -0.1) is 11.3 Å². The zero-order chi connectivity index (χ0) is 21.1. The monoisotopic (exact) mass is 478 g/mol. The molecule has 0 aliphatic rings. The third kappa shape index (κ3) is 5.74. The number of alkyl carbamates (subject to hydrolysis) is 1. The van der Waals surface area contributed by atoms with E-state index in [9.17, 15) is 18.4 Å². The predicted molar refractivity (Wildman–Crippen MR) is 106 cm³/mol. The molecule has 0 unspecified atom stereocenters. The predicted octanol–water partition coefficient (Wildman–Crippen LogP) is 4.10. The molecule has 0 aliphatic carbocycles. The molecule has 0 saturated carbocycles. The number of nitrogens with zero attached hydrogens (tertiary/aromatic N) is 3. The highest BCUT2D eigenvalue weighted by Gasteiger charge is 2.20. The van der Waals surface area contributed by atoms with Crippen LogP contribution in [0, 0.1) is 0 Å². The summed E-state index contributed by atoms with van der Waals surface area (Å²) < 4.78 is 34.9. The van der Waals surface area contributed by atoms with E-state index in [0.717, 1.165) is 8.47 Å². The van der Waals surface area contributed by atoms with Crippen LogP contribution in [0.4, 0.5) is 13.6 Å². The van der Waals surface area contributed by atoms with E-state index < -0.39 is 42.1 Å². The van der Waals surface area contributed by atoms with Gasteiger partial charge in [0.05, 0.1) is 10.3 Å². The van der Waals surface area contributed by atoms with Crippen molar-refractivity contribution < 1.29 is 18.3 Å². The first-order chi connectivity index (χ1) is 13.0. The minimum atomic E-state index is -1.98. The Balaban J connectivity index is 2.22. The number of nitrogens with one attached hydrogen (secondary N) is 1. The molecule has 1 N–H and O–H groups in total. The summed E-state index contributed by atoms with van der Waals surface area (Å²) >= 11 is 4.67. The Morgan fingerprint density at radius 3 is 2.54 bits per heavy atom. The van der Waals surface area contributed by atoms with Crippen molar-refractivity contribution in [3.05, 3.63) is 43.9 Å². The standard InChI is InChI=1S/C17H21BrF2N4O3S/c1-5-12-22-23(16(26)24(12)13-7-6-11(18)28-13)9-10(14(19)20)8-21-15(25)27-17(2,3)4/h6-7H,5,8-9H2,1-4H3,(H,21,25). The first kappa shape index (κ1) is 22.3. The van der Waals surface area contributed by atoms with Crippen molar-refractivity contribution in [2.24, 2.45) is 0 Å². The van der Waals surface area contributed by atoms with Gasteiger partial charge in [-0.2, -0.15) is 13.9 Å². The topological polar surface area (TPSA) is 78.2 Å². The molecular formula is C17H21BrF2N4O3S. The van der Waals surface area contributed by atoms with Gasteiger partial charge in [0.25, 0.3) is 6.08 Å². The second kappa shape index (κ2) is 8.99. The summed E-state index contributed by atoms with van der Waals surface area (Å²) in [6.07, 6.45) is -2.35. The van der Waals surface area contributed by atoms with Crippen molar-refractivity contribution in [3.63, 3.8) is 0 Å². The molecule has 154 valence electrons. The molecular weight excluding hydrogens is 458 g/mol. The fourth-order valence-electron chi connectivity index (χ4n) is 2.29. The maximum atomic E-state index is 13.4. The Kier molecular flexibility index (Phi) is 7.16. The number of amides is 1. The molecule has 28 heavy (non-hydrogen) atoms. The molecule has 0 bridgehead atoms. The Morgan fingerprint density at radius 2 is 2.04 bits per heavy atom. The summed E-state index contributed by atoms with van der Waals surface area (Å²) in [6.45, 7) is 5.93. The maximum Gasteiger partial charge on any atom is 0.407 e. The van der Waals surface area contributed by atoms with E-state index in [1.54, 1.807) is 32.9 Å². The number of aryl methyl sites for hydroxylation is 1. The largest absolute Gasteiger partial charge is 0.444 e. The van der Waals surface area contributed by atoms with Gasteiger partial charge in [0.15, 0.2) is 0 Å². The number of carbonyl (C=O) groups is 1. The van der Waals surface area contributed by atoms with E-state index in [0.29, 0.717) is 17.2 Å². The van der Waals surface area contributed by atoms with Crippen LogP contribution in [0.15, 0.2) is 32.4 Å². The summed E-state index contributed by atoms with van der Waals surface area (Å²) in [4.78, 5) is 24.4. The number of hydrogen-bond donors (Lipinski definition) is 1. The van der Waals surface area contributed by atoms with Crippen molar-refractivity contribution in [3.8, 4) is 5.00 Å². The summed E-state index contributed by atoms with van der Waals surface area (Å²) in [6, 6.07) is 3.54. The Labute approximate surface area is 173 Å².